The summed E-state index contributed by atoms with van der Waals surface area (Å²) in [6.45, 7) is 0.670. The van der Waals surface area contributed by atoms with Crippen molar-refractivity contribution in [1.82, 2.24) is 0 Å². The van der Waals surface area contributed by atoms with Crippen LogP contribution in [0, 0.1) is 0 Å². The van der Waals surface area contributed by atoms with E-state index in [2.05, 4.69) is 0 Å². The van der Waals surface area contributed by atoms with Gasteiger partial charge in [-0.3, -0.25) is 0 Å². The van der Waals surface area contributed by atoms with Gasteiger partial charge in [0.1, 0.15) is 11.9 Å². The first kappa shape index (κ1) is 13.0. The molecule has 0 spiro atoms. The van der Waals surface area contributed by atoms with Crippen molar-refractivity contribution in [2.24, 2.45) is 5.73 Å². The minimum Gasteiger partial charge on any atom is -0.496 e. The molecule has 0 aliphatic carbocycles. The summed E-state index contributed by atoms with van der Waals surface area (Å²) in [5, 5.41) is 0. The van der Waals surface area contributed by atoms with Crippen molar-refractivity contribution in [2.45, 2.75) is 18.6 Å². The Bertz CT molecular complexity index is 422. The van der Waals surface area contributed by atoms with E-state index in [1.807, 2.05) is 6.07 Å². The number of hydrogen-bond acceptors (Lipinski definition) is 5. The van der Waals surface area contributed by atoms with Crippen LogP contribution in [0.2, 0.25) is 0 Å². The quantitative estimate of drug-likeness (QED) is 0.881. The first-order chi connectivity index (χ1) is 8.71. The van der Waals surface area contributed by atoms with Crippen LogP contribution in [0.25, 0.3) is 0 Å². The van der Waals surface area contributed by atoms with Crippen LogP contribution in [0.1, 0.15) is 18.1 Å². The fourth-order valence-electron chi connectivity index (χ4n) is 2.20. The summed E-state index contributed by atoms with van der Waals surface area (Å²) in [7, 11) is 4.81. The van der Waals surface area contributed by atoms with Crippen LogP contribution in [-0.2, 0) is 4.74 Å². The van der Waals surface area contributed by atoms with E-state index < -0.39 is 0 Å². The molecule has 1 aliphatic heterocycles. The molecule has 5 heteroatoms. The van der Waals surface area contributed by atoms with Crippen molar-refractivity contribution in [2.75, 3.05) is 27.9 Å². The molecule has 2 N–H and O–H groups in total. The lowest BCUT2D eigenvalue weighted by Crippen LogP contribution is -2.23. The number of methoxy groups -OCH3 is 3. The summed E-state index contributed by atoms with van der Waals surface area (Å²) in [5.41, 5.74) is 6.95. The number of nitrogens with two attached hydrogens (primary N) is 1. The van der Waals surface area contributed by atoms with Gasteiger partial charge in [-0.2, -0.15) is 0 Å². The third-order valence-electron chi connectivity index (χ3n) is 3.18. The molecular formula is C13H19NO4. The van der Waals surface area contributed by atoms with E-state index in [9.17, 15) is 0 Å². The summed E-state index contributed by atoms with van der Waals surface area (Å²) in [4.78, 5) is 0. The molecule has 2 rings (SSSR count). The second kappa shape index (κ2) is 5.46. The zero-order valence-electron chi connectivity index (χ0n) is 10.9. The van der Waals surface area contributed by atoms with Gasteiger partial charge in [-0.25, -0.2) is 0 Å². The van der Waals surface area contributed by atoms with E-state index in [0.717, 1.165) is 12.0 Å². The van der Waals surface area contributed by atoms with E-state index in [0.29, 0.717) is 23.9 Å². The third kappa shape index (κ3) is 2.23. The van der Waals surface area contributed by atoms with Crippen molar-refractivity contribution < 1.29 is 18.9 Å². The lowest BCUT2D eigenvalue weighted by molar-refractivity contribution is 0.102. The second-order valence-corrected chi connectivity index (χ2v) is 4.19. The lowest BCUT2D eigenvalue weighted by atomic mass is 10.0. The Kier molecular flexibility index (Phi) is 3.93. The largest absolute Gasteiger partial charge is 0.496 e. The molecule has 1 aromatic carbocycles. The average Bonchev–Trinajstić information content (AvgIpc) is 2.83. The highest BCUT2D eigenvalue weighted by atomic mass is 16.5. The molecule has 0 saturated carbocycles. The van der Waals surface area contributed by atoms with E-state index in [1.165, 1.54) is 0 Å². The van der Waals surface area contributed by atoms with Crippen molar-refractivity contribution >= 4 is 0 Å². The van der Waals surface area contributed by atoms with Crippen LogP contribution in [0.4, 0.5) is 0 Å². The van der Waals surface area contributed by atoms with E-state index in [1.54, 1.807) is 27.4 Å². The van der Waals surface area contributed by atoms with Gasteiger partial charge >= 0.3 is 0 Å². The number of hydrogen-bond donors (Lipinski definition) is 1. The molecule has 0 amide bonds. The summed E-state index contributed by atoms with van der Waals surface area (Å²) in [5.74, 6) is 1.98. The SMILES string of the molecule is COc1cc(OC)c(C2OCCC2N)cc1OC. The highest BCUT2D eigenvalue weighted by Gasteiger charge is 2.30. The molecule has 100 valence electrons. The zero-order valence-corrected chi connectivity index (χ0v) is 10.9. The molecular weight excluding hydrogens is 234 g/mol. The molecule has 1 saturated heterocycles. The van der Waals surface area contributed by atoms with Gasteiger partial charge in [0.25, 0.3) is 0 Å². The fourth-order valence-corrected chi connectivity index (χ4v) is 2.20. The summed E-state index contributed by atoms with van der Waals surface area (Å²) in [6.07, 6.45) is 0.696. The van der Waals surface area contributed by atoms with Crippen LogP contribution >= 0.6 is 0 Å². The molecule has 1 aromatic rings. The van der Waals surface area contributed by atoms with Gasteiger partial charge in [-0.15, -0.1) is 0 Å². The summed E-state index contributed by atoms with van der Waals surface area (Å²) >= 11 is 0. The van der Waals surface area contributed by atoms with Gasteiger partial charge in [0.15, 0.2) is 11.5 Å². The Balaban J connectivity index is 2.44. The standard InChI is InChI=1S/C13H19NO4/c1-15-10-7-12(17-3)11(16-2)6-8(10)13-9(14)4-5-18-13/h6-7,9,13H,4-5,14H2,1-3H3. The zero-order chi connectivity index (χ0) is 13.1. The molecule has 18 heavy (non-hydrogen) atoms. The molecule has 0 bridgehead atoms. The van der Waals surface area contributed by atoms with Gasteiger partial charge in [0.05, 0.1) is 21.3 Å². The van der Waals surface area contributed by atoms with Crippen molar-refractivity contribution in [3.8, 4) is 17.2 Å². The maximum atomic E-state index is 6.04. The first-order valence-corrected chi connectivity index (χ1v) is 5.88. The van der Waals surface area contributed by atoms with Crippen LogP contribution in [0.5, 0.6) is 17.2 Å². The van der Waals surface area contributed by atoms with E-state index in [-0.39, 0.29) is 12.1 Å². The molecule has 1 heterocycles. The highest BCUT2D eigenvalue weighted by Crippen LogP contribution is 2.41. The van der Waals surface area contributed by atoms with Crippen molar-refractivity contribution in [1.29, 1.82) is 0 Å². The highest BCUT2D eigenvalue weighted by molar-refractivity contribution is 5.52. The maximum absolute atomic E-state index is 6.04. The van der Waals surface area contributed by atoms with E-state index >= 15 is 0 Å². The Labute approximate surface area is 107 Å². The van der Waals surface area contributed by atoms with Gasteiger partial charge < -0.3 is 24.7 Å². The number of benzene rings is 1. The third-order valence-corrected chi connectivity index (χ3v) is 3.18. The minimum atomic E-state index is -0.153. The lowest BCUT2D eigenvalue weighted by Gasteiger charge is -2.20. The normalized spacial score (nSPS) is 22.9. The van der Waals surface area contributed by atoms with Gasteiger partial charge in [-0.1, -0.05) is 0 Å². The molecule has 1 aliphatic rings. The molecule has 2 atom stereocenters. The number of rotatable bonds is 4. The molecule has 5 nitrogen and oxygen atoms in total. The maximum Gasteiger partial charge on any atom is 0.164 e. The number of ether oxygens (including phenoxy) is 4. The fraction of sp³-hybridized carbons (Fsp3) is 0.538. The van der Waals surface area contributed by atoms with Crippen LogP contribution < -0.4 is 19.9 Å². The van der Waals surface area contributed by atoms with Crippen LogP contribution in [-0.4, -0.2) is 34.0 Å². The summed E-state index contributed by atoms with van der Waals surface area (Å²) in [6, 6.07) is 3.65. The Hall–Kier alpha value is -1.46. The predicted molar refractivity (Wildman–Crippen MR) is 67.4 cm³/mol. The molecule has 2 unspecified atom stereocenters. The topological polar surface area (TPSA) is 62.9 Å². The van der Waals surface area contributed by atoms with Crippen LogP contribution in [0.15, 0.2) is 12.1 Å². The Morgan fingerprint density at radius 2 is 1.67 bits per heavy atom. The van der Waals surface area contributed by atoms with Gasteiger partial charge in [0.2, 0.25) is 0 Å². The monoisotopic (exact) mass is 253 g/mol. The smallest absolute Gasteiger partial charge is 0.164 e. The molecule has 0 radical (unpaired) electrons. The average molecular weight is 253 g/mol. The van der Waals surface area contributed by atoms with E-state index in [4.69, 9.17) is 24.7 Å². The second-order valence-electron chi connectivity index (χ2n) is 4.19. The summed E-state index contributed by atoms with van der Waals surface area (Å²) < 4.78 is 21.6. The molecule has 0 aromatic heterocycles. The molecule has 1 fully saturated rings. The Morgan fingerprint density at radius 1 is 1.06 bits per heavy atom. The van der Waals surface area contributed by atoms with Crippen molar-refractivity contribution in [3.63, 3.8) is 0 Å². The van der Waals surface area contributed by atoms with Gasteiger partial charge in [0, 0.05) is 24.3 Å². The van der Waals surface area contributed by atoms with Crippen molar-refractivity contribution in [3.05, 3.63) is 17.7 Å². The van der Waals surface area contributed by atoms with Crippen LogP contribution in [0.3, 0.4) is 0 Å². The first-order valence-electron chi connectivity index (χ1n) is 5.88. The minimum absolute atomic E-state index is 0.0167. The Morgan fingerprint density at radius 3 is 2.17 bits per heavy atom. The van der Waals surface area contributed by atoms with Gasteiger partial charge in [-0.05, 0) is 12.5 Å². The predicted octanol–water partition coefficient (Wildman–Crippen LogP) is 1.50.